The van der Waals surface area contributed by atoms with E-state index in [-0.39, 0.29) is 11.9 Å². The van der Waals surface area contributed by atoms with E-state index in [0.29, 0.717) is 6.54 Å². The maximum Gasteiger partial charge on any atom is 0.238 e. The van der Waals surface area contributed by atoms with Gasteiger partial charge < -0.3 is 5.32 Å². The average molecular weight is 447 g/mol. The van der Waals surface area contributed by atoms with Crippen molar-refractivity contribution in [3.63, 3.8) is 0 Å². The Morgan fingerprint density at radius 3 is 2.92 bits per heavy atom. The predicted octanol–water partition coefficient (Wildman–Crippen LogP) is 5.47. The highest BCUT2D eigenvalue weighted by Gasteiger charge is 2.31. The number of fused-ring (bicyclic) bond motifs is 1. The first kappa shape index (κ1) is 17.9. The lowest BCUT2D eigenvalue weighted by atomic mass is 9.98. The zero-order valence-electron chi connectivity index (χ0n) is 14.4. The van der Waals surface area contributed by atoms with Gasteiger partial charge in [0.25, 0.3) is 0 Å². The third kappa shape index (κ3) is 3.64. The van der Waals surface area contributed by atoms with Crippen LogP contribution in [0.2, 0.25) is 0 Å². The Balaban J connectivity index is 1.54. The molecule has 26 heavy (non-hydrogen) atoms. The molecule has 0 aliphatic carbocycles. The first-order valence-electron chi connectivity index (χ1n) is 8.51. The first-order valence-corrected chi connectivity index (χ1v) is 11.1. The van der Waals surface area contributed by atoms with E-state index >= 15 is 0 Å². The van der Waals surface area contributed by atoms with Crippen LogP contribution in [0.25, 0.3) is 0 Å². The SMILES string of the molecule is Cc1cc(Br)ccc1NC(=O)CN1CCc2sccc2C1c1cccs1. The number of carbonyl (C=O) groups excluding carboxylic acids is 1. The van der Waals surface area contributed by atoms with Gasteiger partial charge in [-0.1, -0.05) is 22.0 Å². The number of carbonyl (C=O) groups is 1. The van der Waals surface area contributed by atoms with Crippen molar-refractivity contribution in [3.05, 3.63) is 72.5 Å². The molecule has 1 N–H and O–H groups in total. The molecule has 1 aliphatic heterocycles. The second-order valence-electron chi connectivity index (χ2n) is 6.44. The summed E-state index contributed by atoms with van der Waals surface area (Å²) in [4.78, 5) is 17.8. The van der Waals surface area contributed by atoms with Gasteiger partial charge in [-0.2, -0.15) is 0 Å². The molecule has 3 aromatic rings. The molecule has 0 radical (unpaired) electrons. The zero-order chi connectivity index (χ0) is 18.1. The topological polar surface area (TPSA) is 32.3 Å². The van der Waals surface area contributed by atoms with Gasteiger partial charge in [0, 0.05) is 26.5 Å². The molecule has 134 valence electrons. The van der Waals surface area contributed by atoms with Crippen LogP contribution in [0, 0.1) is 6.92 Å². The number of benzene rings is 1. The fourth-order valence-electron chi connectivity index (χ4n) is 3.46. The van der Waals surface area contributed by atoms with Crippen LogP contribution in [0.5, 0.6) is 0 Å². The molecule has 4 rings (SSSR count). The standard InChI is InChI=1S/C20H19BrN2OS2/c1-13-11-14(21)4-5-16(13)22-19(24)12-23-8-6-17-15(7-10-26-17)20(23)18-3-2-9-25-18/h2-5,7,9-11,20H,6,8,12H2,1H3,(H,22,24). The van der Waals surface area contributed by atoms with Gasteiger partial charge in [-0.3, -0.25) is 9.69 Å². The van der Waals surface area contributed by atoms with Gasteiger partial charge in [-0.15, -0.1) is 22.7 Å². The number of rotatable bonds is 4. The summed E-state index contributed by atoms with van der Waals surface area (Å²) in [6.07, 6.45) is 1.01. The molecule has 1 unspecified atom stereocenters. The molecule has 0 spiro atoms. The molecule has 0 bridgehead atoms. The highest BCUT2D eigenvalue weighted by Crippen LogP contribution is 2.39. The zero-order valence-corrected chi connectivity index (χ0v) is 17.6. The van der Waals surface area contributed by atoms with E-state index in [1.165, 1.54) is 15.3 Å². The van der Waals surface area contributed by atoms with Gasteiger partial charge >= 0.3 is 0 Å². The summed E-state index contributed by atoms with van der Waals surface area (Å²) in [7, 11) is 0. The second-order valence-corrected chi connectivity index (χ2v) is 9.34. The number of halogens is 1. The highest BCUT2D eigenvalue weighted by atomic mass is 79.9. The van der Waals surface area contributed by atoms with Crippen LogP contribution in [-0.2, 0) is 11.2 Å². The second kappa shape index (κ2) is 7.64. The van der Waals surface area contributed by atoms with E-state index in [2.05, 4.69) is 55.1 Å². The number of amides is 1. The van der Waals surface area contributed by atoms with Crippen molar-refractivity contribution in [1.82, 2.24) is 4.90 Å². The van der Waals surface area contributed by atoms with E-state index in [1.807, 2.05) is 36.5 Å². The van der Waals surface area contributed by atoms with Gasteiger partial charge in [-0.25, -0.2) is 0 Å². The van der Waals surface area contributed by atoms with Crippen molar-refractivity contribution in [1.29, 1.82) is 0 Å². The van der Waals surface area contributed by atoms with Crippen LogP contribution in [0.15, 0.2) is 51.6 Å². The summed E-state index contributed by atoms with van der Waals surface area (Å²) < 4.78 is 1.02. The highest BCUT2D eigenvalue weighted by molar-refractivity contribution is 9.10. The third-order valence-corrected chi connectivity index (χ3v) is 7.10. The Morgan fingerprint density at radius 1 is 1.27 bits per heavy atom. The number of aryl methyl sites for hydroxylation is 1. The van der Waals surface area contributed by atoms with Crippen LogP contribution in [-0.4, -0.2) is 23.9 Å². The van der Waals surface area contributed by atoms with Gasteiger partial charge in [0.2, 0.25) is 5.91 Å². The first-order chi connectivity index (χ1) is 12.6. The summed E-state index contributed by atoms with van der Waals surface area (Å²) in [5, 5.41) is 7.35. The molecular weight excluding hydrogens is 428 g/mol. The molecule has 3 nitrogen and oxygen atoms in total. The van der Waals surface area contributed by atoms with Gasteiger partial charge in [-0.05, 0) is 65.6 Å². The summed E-state index contributed by atoms with van der Waals surface area (Å²) in [6, 6.07) is 12.6. The molecule has 1 amide bonds. The Bertz CT molecular complexity index is 920. The molecule has 0 saturated heterocycles. The normalized spacial score (nSPS) is 17.1. The van der Waals surface area contributed by atoms with Gasteiger partial charge in [0.05, 0.1) is 12.6 Å². The van der Waals surface area contributed by atoms with Crippen LogP contribution in [0.3, 0.4) is 0 Å². The van der Waals surface area contributed by atoms with Crippen molar-refractivity contribution < 1.29 is 4.79 Å². The van der Waals surface area contributed by atoms with Gasteiger partial charge in [0.15, 0.2) is 0 Å². The monoisotopic (exact) mass is 446 g/mol. The maximum atomic E-state index is 12.7. The number of nitrogens with one attached hydrogen (secondary N) is 1. The number of anilines is 1. The van der Waals surface area contributed by atoms with Crippen LogP contribution < -0.4 is 5.32 Å². The molecule has 6 heteroatoms. The number of hydrogen-bond acceptors (Lipinski definition) is 4. The molecule has 1 aromatic carbocycles. The lowest BCUT2D eigenvalue weighted by Crippen LogP contribution is -2.40. The summed E-state index contributed by atoms with van der Waals surface area (Å²) in [6.45, 7) is 3.31. The fraction of sp³-hybridized carbons (Fsp3) is 0.250. The molecular formula is C20H19BrN2OS2. The molecule has 0 saturated carbocycles. The van der Waals surface area contributed by atoms with Crippen molar-refractivity contribution in [2.24, 2.45) is 0 Å². The number of hydrogen-bond donors (Lipinski definition) is 1. The lowest BCUT2D eigenvalue weighted by Gasteiger charge is -2.34. The van der Waals surface area contributed by atoms with Crippen molar-refractivity contribution in [3.8, 4) is 0 Å². The molecule has 1 atom stereocenters. The maximum absolute atomic E-state index is 12.7. The summed E-state index contributed by atoms with van der Waals surface area (Å²) >= 11 is 7.05. The lowest BCUT2D eigenvalue weighted by molar-refractivity contribution is -0.117. The molecule has 2 aromatic heterocycles. The summed E-state index contributed by atoms with van der Waals surface area (Å²) in [5.41, 5.74) is 3.29. The Labute approximate surface area is 169 Å². The van der Waals surface area contributed by atoms with E-state index in [4.69, 9.17) is 0 Å². The Kier molecular flexibility index (Phi) is 5.27. The van der Waals surface area contributed by atoms with Crippen LogP contribution in [0.1, 0.15) is 26.9 Å². The molecule has 1 aliphatic rings. The Morgan fingerprint density at radius 2 is 2.15 bits per heavy atom. The van der Waals surface area contributed by atoms with E-state index in [9.17, 15) is 4.79 Å². The van der Waals surface area contributed by atoms with Crippen molar-refractivity contribution in [2.45, 2.75) is 19.4 Å². The molecule has 3 heterocycles. The van der Waals surface area contributed by atoms with Crippen LogP contribution in [0.4, 0.5) is 5.69 Å². The van der Waals surface area contributed by atoms with Gasteiger partial charge in [0.1, 0.15) is 0 Å². The summed E-state index contributed by atoms with van der Waals surface area (Å²) in [5.74, 6) is 0.0376. The minimum absolute atomic E-state index is 0.0376. The largest absolute Gasteiger partial charge is 0.325 e. The quantitative estimate of drug-likeness (QED) is 0.576. The minimum atomic E-state index is 0.0376. The molecule has 0 fully saturated rings. The number of thiophene rings is 2. The Hall–Kier alpha value is -1.47. The minimum Gasteiger partial charge on any atom is -0.325 e. The van der Waals surface area contributed by atoms with Crippen molar-refractivity contribution in [2.75, 3.05) is 18.4 Å². The predicted molar refractivity (Wildman–Crippen MR) is 113 cm³/mol. The van der Waals surface area contributed by atoms with Crippen molar-refractivity contribution >= 4 is 50.2 Å². The van der Waals surface area contributed by atoms with E-state index in [0.717, 1.165) is 28.7 Å². The van der Waals surface area contributed by atoms with E-state index < -0.39 is 0 Å². The smallest absolute Gasteiger partial charge is 0.238 e. The van der Waals surface area contributed by atoms with Crippen LogP contribution >= 0.6 is 38.6 Å². The number of nitrogens with zero attached hydrogens (tertiary/aromatic N) is 1. The average Bonchev–Trinajstić information content (AvgIpc) is 3.28. The van der Waals surface area contributed by atoms with E-state index in [1.54, 1.807) is 11.3 Å². The third-order valence-electron chi connectivity index (χ3n) is 4.69. The fourth-order valence-corrected chi connectivity index (χ4v) is 5.72.